The molecule has 1 rings (SSSR count). The van der Waals surface area contributed by atoms with Gasteiger partial charge in [0.15, 0.2) is 5.78 Å². The molecular formula is C12H16O3. The molecule has 0 radical (unpaired) electrons. The van der Waals surface area contributed by atoms with Crippen molar-refractivity contribution in [3.05, 3.63) is 23.3 Å². The van der Waals surface area contributed by atoms with Crippen molar-refractivity contribution in [2.24, 2.45) is 0 Å². The van der Waals surface area contributed by atoms with Crippen LogP contribution in [0.15, 0.2) is 23.3 Å². The molecule has 0 unspecified atom stereocenters. The van der Waals surface area contributed by atoms with E-state index in [1.165, 1.54) is 11.1 Å². The van der Waals surface area contributed by atoms with E-state index in [9.17, 15) is 9.59 Å². The second kappa shape index (κ2) is 5.49. The third-order valence-corrected chi connectivity index (χ3v) is 2.51. The summed E-state index contributed by atoms with van der Waals surface area (Å²) < 4.78 is 0. The van der Waals surface area contributed by atoms with Crippen molar-refractivity contribution in [1.29, 1.82) is 0 Å². The molecule has 3 heteroatoms. The third-order valence-electron chi connectivity index (χ3n) is 2.51. The summed E-state index contributed by atoms with van der Waals surface area (Å²) in [6.45, 7) is 1.56. The standard InChI is InChI=1S/C12H16O3/c1-9(13)8-11-4-2-10(3-5-11)6-7-12(14)15/h6,8H,2-5,7H2,1H3,(H,14,15). The van der Waals surface area contributed by atoms with Crippen molar-refractivity contribution in [2.45, 2.75) is 39.0 Å². The molecule has 3 nitrogen and oxygen atoms in total. The SMILES string of the molecule is CC(=O)C=C1CCC(=CCC(=O)O)CC1. The van der Waals surface area contributed by atoms with Gasteiger partial charge in [-0.3, -0.25) is 9.59 Å². The molecule has 0 aliphatic heterocycles. The third kappa shape index (κ3) is 4.58. The molecule has 0 aromatic rings. The first kappa shape index (κ1) is 11.7. The van der Waals surface area contributed by atoms with E-state index in [-0.39, 0.29) is 12.2 Å². The maximum atomic E-state index is 10.8. The molecule has 0 atom stereocenters. The van der Waals surface area contributed by atoms with Crippen LogP contribution in [-0.4, -0.2) is 16.9 Å². The van der Waals surface area contributed by atoms with E-state index >= 15 is 0 Å². The Balaban J connectivity index is 2.45. The van der Waals surface area contributed by atoms with Crippen LogP contribution in [0.5, 0.6) is 0 Å². The van der Waals surface area contributed by atoms with E-state index in [1.807, 2.05) is 0 Å². The monoisotopic (exact) mass is 208 g/mol. The number of allylic oxidation sites excluding steroid dienone is 3. The Morgan fingerprint density at radius 1 is 1.20 bits per heavy atom. The normalized spacial score (nSPS) is 16.1. The smallest absolute Gasteiger partial charge is 0.307 e. The zero-order valence-corrected chi connectivity index (χ0v) is 8.95. The number of carboxylic acid groups (broad SMARTS) is 1. The molecule has 1 aliphatic carbocycles. The van der Waals surface area contributed by atoms with Crippen molar-refractivity contribution >= 4 is 11.8 Å². The van der Waals surface area contributed by atoms with E-state index < -0.39 is 5.97 Å². The molecule has 1 saturated carbocycles. The number of carboxylic acids is 1. The van der Waals surface area contributed by atoms with Crippen LogP contribution in [0.3, 0.4) is 0 Å². The fourth-order valence-corrected chi connectivity index (χ4v) is 1.76. The summed E-state index contributed by atoms with van der Waals surface area (Å²) in [5, 5.41) is 8.51. The van der Waals surface area contributed by atoms with Gasteiger partial charge in [0.05, 0.1) is 6.42 Å². The number of carbonyl (C=O) groups excluding carboxylic acids is 1. The number of hydrogen-bond donors (Lipinski definition) is 1. The molecule has 0 saturated heterocycles. The number of rotatable bonds is 3. The largest absolute Gasteiger partial charge is 0.481 e. The van der Waals surface area contributed by atoms with Gasteiger partial charge in [-0.25, -0.2) is 0 Å². The van der Waals surface area contributed by atoms with Crippen molar-refractivity contribution < 1.29 is 14.7 Å². The summed E-state index contributed by atoms with van der Waals surface area (Å²) in [6.07, 6.45) is 7.19. The highest BCUT2D eigenvalue weighted by molar-refractivity contribution is 5.88. The van der Waals surface area contributed by atoms with Crippen LogP contribution in [0.4, 0.5) is 0 Å². The summed E-state index contributed by atoms with van der Waals surface area (Å²) in [5.41, 5.74) is 2.40. The van der Waals surface area contributed by atoms with Crippen molar-refractivity contribution in [3.8, 4) is 0 Å². The molecule has 0 aromatic carbocycles. The van der Waals surface area contributed by atoms with Gasteiger partial charge in [0.25, 0.3) is 0 Å². The Morgan fingerprint density at radius 2 is 1.73 bits per heavy atom. The molecule has 1 N–H and O–H groups in total. The minimum Gasteiger partial charge on any atom is -0.481 e. The fourth-order valence-electron chi connectivity index (χ4n) is 1.76. The first-order valence-corrected chi connectivity index (χ1v) is 5.17. The second-order valence-corrected chi connectivity index (χ2v) is 3.87. The Morgan fingerprint density at radius 3 is 2.20 bits per heavy atom. The Hall–Kier alpha value is -1.38. The average molecular weight is 208 g/mol. The lowest BCUT2D eigenvalue weighted by Crippen LogP contribution is -2.01. The van der Waals surface area contributed by atoms with E-state index in [2.05, 4.69) is 0 Å². The highest BCUT2D eigenvalue weighted by atomic mass is 16.4. The van der Waals surface area contributed by atoms with Gasteiger partial charge in [-0.15, -0.1) is 0 Å². The lowest BCUT2D eigenvalue weighted by Gasteiger charge is -2.16. The van der Waals surface area contributed by atoms with Gasteiger partial charge < -0.3 is 5.11 Å². The van der Waals surface area contributed by atoms with Crippen LogP contribution in [0, 0.1) is 0 Å². The number of carbonyl (C=O) groups is 2. The molecule has 0 heterocycles. The summed E-state index contributed by atoms with van der Waals surface area (Å²) in [5.74, 6) is -0.685. The van der Waals surface area contributed by atoms with Crippen LogP contribution < -0.4 is 0 Å². The summed E-state index contributed by atoms with van der Waals surface area (Å²) in [6, 6.07) is 0. The zero-order valence-electron chi connectivity index (χ0n) is 8.95. The van der Waals surface area contributed by atoms with Gasteiger partial charge in [0, 0.05) is 0 Å². The molecule has 82 valence electrons. The quantitative estimate of drug-likeness (QED) is 0.572. The Kier molecular flexibility index (Phi) is 4.28. The van der Waals surface area contributed by atoms with Gasteiger partial charge in [0.1, 0.15) is 0 Å². The Labute approximate surface area is 89.5 Å². The van der Waals surface area contributed by atoms with Crippen LogP contribution in [-0.2, 0) is 9.59 Å². The Bertz CT molecular complexity index is 312. The fraction of sp³-hybridized carbons (Fsp3) is 0.500. The lowest BCUT2D eigenvalue weighted by atomic mass is 9.89. The first-order valence-electron chi connectivity index (χ1n) is 5.17. The number of ketones is 1. The van der Waals surface area contributed by atoms with Gasteiger partial charge in [0.2, 0.25) is 0 Å². The summed E-state index contributed by atoms with van der Waals surface area (Å²) in [4.78, 5) is 21.2. The van der Waals surface area contributed by atoms with Gasteiger partial charge >= 0.3 is 5.97 Å². The van der Waals surface area contributed by atoms with Crippen LogP contribution in [0.1, 0.15) is 39.0 Å². The van der Waals surface area contributed by atoms with Gasteiger partial charge in [-0.05, 0) is 38.7 Å². The van der Waals surface area contributed by atoms with E-state index in [4.69, 9.17) is 5.11 Å². The molecule has 15 heavy (non-hydrogen) atoms. The molecule has 1 aliphatic rings. The molecule has 0 aromatic heterocycles. The summed E-state index contributed by atoms with van der Waals surface area (Å²) >= 11 is 0. The molecular weight excluding hydrogens is 192 g/mol. The van der Waals surface area contributed by atoms with Crippen LogP contribution >= 0.6 is 0 Å². The highest BCUT2D eigenvalue weighted by Gasteiger charge is 2.10. The van der Waals surface area contributed by atoms with Crippen LogP contribution in [0.2, 0.25) is 0 Å². The molecule has 1 fully saturated rings. The van der Waals surface area contributed by atoms with Crippen molar-refractivity contribution in [1.82, 2.24) is 0 Å². The number of aliphatic carboxylic acids is 1. The topological polar surface area (TPSA) is 54.4 Å². The summed E-state index contributed by atoms with van der Waals surface area (Å²) in [7, 11) is 0. The first-order chi connectivity index (χ1) is 7.08. The van der Waals surface area contributed by atoms with E-state index in [1.54, 1.807) is 19.1 Å². The zero-order chi connectivity index (χ0) is 11.3. The predicted octanol–water partition coefficient (Wildman–Crippen LogP) is 2.48. The average Bonchev–Trinajstić information content (AvgIpc) is 2.16. The van der Waals surface area contributed by atoms with Gasteiger partial charge in [-0.2, -0.15) is 0 Å². The maximum Gasteiger partial charge on any atom is 0.307 e. The lowest BCUT2D eigenvalue weighted by molar-refractivity contribution is -0.136. The maximum absolute atomic E-state index is 10.8. The minimum absolute atomic E-state index is 0.1000. The van der Waals surface area contributed by atoms with Crippen molar-refractivity contribution in [2.75, 3.05) is 0 Å². The molecule has 0 amide bonds. The second-order valence-electron chi connectivity index (χ2n) is 3.87. The highest BCUT2D eigenvalue weighted by Crippen LogP contribution is 2.27. The minimum atomic E-state index is -0.785. The van der Waals surface area contributed by atoms with Gasteiger partial charge in [-0.1, -0.05) is 17.2 Å². The van der Waals surface area contributed by atoms with E-state index in [0.717, 1.165) is 25.7 Å². The van der Waals surface area contributed by atoms with Crippen molar-refractivity contribution in [3.63, 3.8) is 0 Å². The number of hydrogen-bond acceptors (Lipinski definition) is 2. The molecule has 0 spiro atoms. The molecule has 0 bridgehead atoms. The van der Waals surface area contributed by atoms with E-state index in [0.29, 0.717) is 0 Å². The van der Waals surface area contributed by atoms with Crippen LogP contribution in [0.25, 0.3) is 0 Å². The predicted molar refractivity (Wildman–Crippen MR) is 57.6 cm³/mol.